The van der Waals surface area contributed by atoms with Gasteiger partial charge >= 0.3 is 0 Å². The van der Waals surface area contributed by atoms with Crippen molar-refractivity contribution in [3.8, 4) is 0 Å². The van der Waals surface area contributed by atoms with E-state index < -0.39 is 0 Å². The van der Waals surface area contributed by atoms with E-state index in [4.69, 9.17) is 10.5 Å². The molecule has 1 saturated heterocycles. The summed E-state index contributed by atoms with van der Waals surface area (Å²) in [4.78, 5) is 2.34. The molecule has 0 spiro atoms. The van der Waals surface area contributed by atoms with E-state index in [0.29, 0.717) is 12.6 Å². The largest absolute Gasteiger partial charge is 0.392 e. The second-order valence-electron chi connectivity index (χ2n) is 4.73. The molecule has 16 heavy (non-hydrogen) atoms. The minimum atomic E-state index is -0.255. The van der Waals surface area contributed by atoms with Gasteiger partial charge in [-0.25, -0.2) is 0 Å². The summed E-state index contributed by atoms with van der Waals surface area (Å²) in [7, 11) is 0. The average molecular weight is 230 g/mol. The SMILES string of the molecule is CC(O)C(C)N1CCC(OCCCN)CC1. The second kappa shape index (κ2) is 7.22. The number of nitrogens with two attached hydrogens (primary N) is 1. The molecule has 4 heteroatoms. The lowest BCUT2D eigenvalue weighted by Crippen LogP contribution is -2.46. The first-order chi connectivity index (χ1) is 7.65. The van der Waals surface area contributed by atoms with Gasteiger partial charge in [0, 0.05) is 25.7 Å². The van der Waals surface area contributed by atoms with Gasteiger partial charge in [0.05, 0.1) is 12.2 Å². The zero-order valence-electron chi connectivity index (χ0n) is 10.6. The van der Waals surface area contributed by atoms with Crippen LogP contribution in [0, 0.1) is 0 Å². The van der Waals surface area contributed by atoms with Crippen LogP contribution in [0.4, 0.5) is 0 Å². The minimum absolute atomic E-state index is 0.255. The number of likely N-dealkylation sites (tertiary alicyclic amines) is 1. The average Bonchev–Trinajstić information content (AvgIpc) is 2.29. The van der Waals surface area contributed by atoms with E-state index >= 15 is 0 Å². The first kappa shape index (κ1) is 13.9. The molecular formula is C12H26N2O2. The van der Waals surface area contributed by atoms with E-state index in [1.54, 1.807) is 0 Å². The number of hydrogen-bond donors (Lipinski definition) is 2. The van der Waals surface area contributed by atoms with Gasteiger partial charge in [0.15, 0.2) is 0 Å². The van der Waals surface area contributed by atoms with E-state index in [-0.39, 0.29) is 12.1 Å². The first-order valence-electron chi connectivity index (χ1n) is 6.39. The number of aliphatic hydroxyl groups is 1. The minimum Gasteiger partial charge on any atom is -0.392 e. The van der Waals surface area contributed by atoms with Crippen molar-refractivity contribution < 1.29 is 9.84 Å². The molecule has 4 nitrogen and oxygen atoms in total. The number of aliphatic hydroxyl groups excluding tert-OH is 1. The highest BCUT2D eigenvalue weighted by molar-refractivity contribution is 4.79. The molecule has 1 aliphatic heterocycles. The maximum atomic E-state index is 9.53. The number of piperidine rings is 1. The molecule has 1 rings (SSSR count). The Morgan fingerprint density at radius 2 is 2.00 bits per heavy atom. The molecule has 2 atom stereocenters. The van der Waals surface area contributed by atoms with Gasteiger partial charge in [-0.15, -0.1) is 0 Å². The van der Waals surface area contributed by atoms with Crippen molar-refractivity contribution in [3.05, 3.63) is 0 Å². The normalized spacial score (nSPS) is 23.2. The Labute approximate surface area is 98.8 Å². The van der Waals surface area contributed by atoms with E-state index in [1.165, 1.54) is 0 Å². The zero-order valence-corrected chi connectivity index (χ0v) is 10.6. The highest BCUT2D eigenvalue weighted by atomic mass is 16.5. The van der Waals surface area contributed by atoms with E-state index in [2.05, 4.69) is 11.8 Å². The Bertz CT molecular complexity index is 180. The molecule has 3 N–H and O–H groups in total. The summed E-state index contributed by atoms with van der Waals surface area (Å²) in [6, 6.07) is 0.255. The molecule has 0 amide bonds. The summed E-state index contributed by atoms with van der Waals surface area (Å²) in [5.74, 6) is 0. The standard InChI is InChI=1S/C12H26N2O2/c1-10(11(2)15)14-7-4-12(5-8-14)16-9-3-6-13/h10-12,15H,3-9,13H2,1-2H3. The Morgan fingerprint density at radius 1 is 1.38 bits per heavy atom. The maximum absolute atomic E-state index is 9.53. The maximum Gasteiger partial charge on any atom is 0.0664 e. The second-order valence-corrected chi connectivity index (χ2v) is 4.73. The summed E-state index contributed by atoms with van der Waals surface area (Å²) >= 11 is 0. The van der Waals surface area contributed by atoms with Crippen molar-refractivity contribution in [2.24, 2.45) is 5.73 Å². The topological polar surface area (TPSA) is 58.7 Å². The molecule has 0 bridgehead atoms. The van der Waals surface area contributed by atoms with Crippen molar-refractivity contribution in [2.45, 2.75) is 51.4 Å². The predicted octanol–water partition coefficient (Wildman–Crippen LogP) is 0.586. The van der Waals surface area contributed by atoms with Crippen LogP contribution >= 0.6 is 0 Å². The van der Waals surface area contributed by atoms with Gasteiger partial charge in [-0.2, -0.15) is 0 Å². The molecule has 0 aromatic rings. The van der Waals surface area contributed by atoms with Gasteiger partial charge < -0.3 is 15.6 Å². The molecule has 0 radical (unpaired) electrons. The summed E-state index contributed by atoms with van der Waals surface area (Å²) in [5.41, 5.74) is 5.42. The fourth-order valence-electron chi connectivity index (χ4n) is 2.09. The molecule has 0 saturated carbocycles. The van der Waals surface area contributed by atoms with Crippen molar-refractivity contribution in [1.82, 2.24) is 4.90 Å². The summed E-state index contributed by atoms with van der Waals surface area (Å²) < 4.78 is 5.74. The summed E-state index contributed by atoms with van der Waals surface area (Å²) in [6.07, 6.45) is 3.23. The van der Waals surface area contributed by atoms with Crippen LogP contribution in [0.25, 0.3) is 0 Å². The Hall–Kier alpha value is -0.160. The number of nitrogens with zero attached hydrogens (tertiary/aromatic N) is 1. The van der Waals surface area contributed by atoms with Crippen LogP contribution in [0.2, 0.25) is 0 Å². The zero-order chi connectivity index (χ0) is 12.0. The van der Waals surface area contributed by atoms with Crippen molar-refractivity contribution in [2.75, 3.05) is 26.2 Å². The van der Waals surface area contributed by atoms with Gasteiger partial charge in [-0.05, 0) is 39.7 Å². The van der Waals surface area contributed by atoms with Crippen molar-refractivity contribution in [1.29, 1.82) is 0 Å². The third kappa shape index (κ3) is 4.37. The number of rotatable bonds is 6. The molecule has 0 aliphatic carbocycles. The quantitative estimate of drug-likeness (QED) is 0.656. The molecule has 0 aromatic carbocycles. The Morgan fingerprint density at radius 3 is 2.50 bits per heavy atom. The lowest BCUT2D eigenvalue weighted by atomic mass is 10.0. The van der Waals surface area contributed by atoms with Crippen LogP contribution in [0.3, 0.4) is 0 Å². The van der Waals surface area contributed by atoms with Crippen molar-refractivity contribution >= 4 is 0 Å². The van der Waals surface area contributed by atoms with Gasteiger partial charge in [0.25, 0.3) is 0 Å². The molecule has 2 unspecified atom stereocenters. The Balaban J connectivity index is 2.18. The van der Waals surface area contributed by atoms with Crippen LogP contribution in [0.15, 0.2) is 0 Å². The Kier molecular flexibility index (Phi) is 6.28. The molecule has 0 aromatic heterocycles. The lowest BCUT2D eigenvalue weighted by Gasteiger charge is -2.37. The highest BCUT2D eigenvalue weighted by Crippen LogP contribution is 2.17. The summed E-state index contributed by atoms with van der Waals surface area (Å²) in [5, 5.41) is 9.53. The fourth-order valence-corrected chi connectivity index (χ4v) is 2.09. The van der Waals surface area contributed by atoms with Crippen LogP contribution in [-0.2, 0) is 4.74 Å². The molecule has 96 valence electrons. The van der Waals surface area contributed by atoms with Crippen LogP contribution in [-0.4, -0.2) is 54.5 Å². The smallest absolute Gasteiger partial charge is 0.0664 e. The van der Waals surface area contributed by atoms with Gasteiger partial charge in [-0.3, -0.25) is 4.90 Å². The van der Waals surface area contributed by atoms with Crippen LogP contribution in [0.1, 0.15) is 33.1 Å². The molecular weight excluding hydrogens is 204 g/mol. The van der Waals surface area contributed by atoms with Gasteiger partial charge in [0.2, 0.25) is 0 Å². The molecule has 1 heterocycles. The fraction of sp³-hybridized carbons (Fsp3) is 1.00. The highest BCUT2D eigenvalue weighted by Gasteiger charge is 2.24. The third-order valence-corrected chi connectivity index (χ3v) is 3.45. The van der Waals surface area contributed by atoms with Crippen LogP contribution in [0.5, 0.6) is 0 Å². The predicted molar refractivity (Wildman–Crippen MR) is 65.4 cm³/mol. The third-order valence-electron chi connectivity index (χ3n) is 3.45. The van der Waals surface area contributed by atoms with Gasteiger partial charge in [-0.1, -0.05) is 0 Å². The van der Waals surface area contributed by atoms with Crippen molar-refractivity contribution in [3.63, 3.8) is 0 Å². The summed E-state index contributed by atoms with van der Waals surface area (Å²) in [6.45, 7) is 7.48. The van der Waals surface area contributed by atoms with E-state index in [0.717, 1.165) is 39.0 Å². The lowest BCUT2D eigenvalue weighted by molar-refractivity contribution is -0.0170. The van der Waals surface area contributed by atoms with Crippen LogP contribution < -0.4 is 5.73 Å². The number of hydrogen-bond acceptors (Lipinski definition) is 4. The molecule has 1 fully saturated rings. The first-order valence-corrected chi connectivity index (χ1v) is 6.39. The number of ether oxygens (including phenoxy) is 1. The van der Waals surface area contributed by atoms with E-state index in [9.17, 15) is 5.11 Å². The monoisotopic (exact) mass is 230 g/mol. The van der Waals surface area contributed by atoms with Gasteiger partial charge in [0.1, 0.15) is 0 Å². The van der Waals surface area contributed by atoms with E-state index in [1.807, 2.05) is 6.92 Å². The molecule has 1 aliphatic rings.